The van der Waals surface area contributed by atoms with Gasteiger partial charge in [-0.3, -0.25) is 4.79 Å². The predicted octanol–water partition coefficient (Wildman–Crippen LogP) is 1.24. The Labute approximate surface area is 74.0 Å². The van der Waals surface area contributed by atoms with E-state index in [4.69, 9.17) is 34.8 Å². The monoisotopic (exact) mass is 201 g/mol. The highest BCUT2D eigenvalue weighted by Gasteiger charge is 2.42. The Kier molecular flexibility index (Phi) is 2.33. The normalized spacial score (nSPS) is 30.7. The number of carbonyl (C=O) groups excluding carboxylic acids is 1. The quantitative estimate of drug-likeness (QED) is 0.463. The number of nitrogens with zero attached hydrogens (tertiary/aromatic N) is 1. The molecule has 0 saturated carbocycles. The zero-order valence-corrected chi connectivity index (χ0v) is 7.33. The van der Waals surface area contributed by atoms with Crippen molar-refractivity contribution in [1.29, 1.82) is 0 Å². The SMILES string of the molecule is O=CN1CC(Cl)C(Cl)(Cl)C1. The van der Waals surface area contributed by atoms with E-state index in [0.29, 0.717) is 19.5 Å². The molecular formula is C5H6Cl3NO. The van der Waals surface area contributed by atoms with E-state index >= 15 is 0 Å². The van der Waals surface area contributed by atoms with Gasteiger partial charge in [-0.25, -0.2) is 0 Å². The van der Waals surface area contributed by atoms with Crippen molar-refractivity contribution >= 4 is 41.2 Å². The van der Waals surface area contributed by atoms with Gasteiger partial charge in [0.05, 0.1) is 11.9 Å². The van der Waals surface area contributed by atoms with Gasteiger partial charge in [0, 0.05) is 6.54 Å². The van der Waals surface area contributed by atoms with Crippen molar-refractivity contribution in [2.75, 3.05) is 13.1 Å². The van der Waals surface area contributed by atoms with Crippen LogP contribution in [-0.4, -0.2) is 34.1 Å². The van der Waals surface area contributed by atoms with E-state index in [9.17, 15) is 4.79 Å². The molecule has 1 amide bonds. The lowest BCUT2D eigenvalue weighted by Crippen LogP contribution is -2.24. The van der Waals surface area contributed by atoms with Gasteiger partial charge in [-0.1, -0.05) is 23.2 Å². The molecule has 1 saturated heterocycles. The Bertz CT molecular complexity index is 150. The molecule has 58 valence electrons. The number of hydrogen-bond donors (Lipinski definition) is 0. The van der Waals surface area contributed by atoms with Crippen LogP contribution in [0.3, 0.4) is 0 Å². The lowest BCUT2D eigenvalue weighted by molar-refractivity contribution is -0.117. The largest absolute Gasteiger partial charge is 0.341 e. The van der Waals surface area contributed by atoms with Crippen molar-refractivity contribution < 1.29 is 4.79 Å². The maximum absolute atomic E-state index is 10.2. The summed E-state index contributed by atoms with van der Waals surface area (Å²) in [5.74, 6) is 0. The number of rotatable bonds is 1. The van der Waals surface area contributed by atoms with Crippen molar-refractivity contribution in [3.63, 3.8) is 0 Å². The van der Waals surface area contributed by atoms with Crippen LogP contribution in [0.5, 0.6) is 0 Å². The van der Waals surface area contributed by atoms with E-state index in [2.05, 4.69) is 0 Å². The molecule has 0 bridgehead atoms. The number of amides is 1. The van der Waals surface area contributed by atoms with E-state index in [0.717, 1.165) is 0 Å². The summed E-state index contributed by atoms with van der Waals surface area (Å²) in [6.07, 6.45) is 0.696. The highest BCUT2D eigenvalue weighted by atomic mass is 35.5. The van der Waals surface area contributed by atoms with E-state index in [1.165, 1.54) is 4.90 Å². The minimum atomic E-state index is -0.970. The number of likely N-dealkylation sites (tertiary alicyclic amines) is 1. The first-order chi connectivity index (χ1) is 4.56. The van der Waals surface area contributed by atoms with Crippen molar-refractivity contribution in [3.05, 3.63) is 0 Å². The molecule has 10 heavy (non-hydrogen) atoms. The molecule has 1 fully saturated rings. The zero-order valence-electron chi connectivity index (χ0n) is 5.06. The summed E-state index contributed by atoms with van der Waals surface area (Å²) in [6, 6.07) is 0. The topological polar surface area (TPSA) is 20.3 Å². The van der Waals surface area contributed by atoms with Crippen LogP contribution in [0.25, 0.3) is 0 Å². The minimum Gasteiger partial charge on any atom is -0.341 e. The van der Waals surface area contributed by atoms with Crippen molar-refractivity contribution in [2.45, 2.75) is 9.71 Å². The summed E-state index contributed by atoms with van der Waals surface area (Å²) >= 11 is 17.2. The Morgan fingerprint density at radius 1 is 1.60 bits per heavy atom. The molecule has 5 heteroatoms. The van der Waals surface area contributed by atoms with Gasteiger partial charge in [-0.05, 0) is 0 Å². The van der Waals surface area contributed by atoms with Crippen LogP contribution in [0, 0.1) is 0 Å². The van der Waals surface area contributed by atoms with E-state index in [1.54, 1.807) is 0 Å². The van der Waals surface area contributed by atoms with Crippen LogP contribution >= 0.6 is 34.8 Å². The van der Waals surface area contributed by atoms with Gasteiger partial charge in [-0.2, -0.15) is 0 Å². The van der Waals surface area contributed by atoms with Gasteiger partial charge in [0.15, 0.2) is 4.33 Å². The Morgan fingerprint density at radius 2 is 2.20 bits per heavy atom. The second-order valence-electron chi connectivity index (χ2n) is 2.26. The van der Waals surface area contributed by atoms with Crippen LogP contribution in [-0.2, 0) is 4.79 Å². The van der Waals surface area contributed by atoms with Gasteiger partial charge >= 0.3 is 0 Å². The lowest BCUT2D eigenvalue weighted by Gasteiger charge is -2.13. The third-order valence-electron chi connectivity index (χ3n) is 1.42. The first-order valence-corrected chi connectivity index (χ1v) is 3.97. The number of hydrogen-bond acceptors (Lipinski definition) is 1. The maximum atomic E-state index is 10.2. The van der Waals surface area contributed by atoms with Gasteiger partial charge in [0.25, 0.3) is 0 Å². The molecule has 0 spiro atoms. The summed E-state index contributed by atoms with van der Waals surface area (Å²) in [4.78, 5) is 11.6. The third-order valence-corrected chi connectivity index (χ3v) is 2.92. The molecule has 0 aromatic rings. The van der Waals surface area contributed by atoms with Gasteiger partial charge in [0.1, 0.15) is 0 Å². The molecule has 1 atom stereocenters. The summed E-state index contributed by atoms with van der Waals surface area (Å²) in [5, 5.41) is -0.360. The molecule has 0 aliphatic carbocycles. The van der Waals surface area contributed by atoms with E-state index < -0.39 is 4.33 Å². The van der Waals surface area contributed by atoms with Gasteiger partial charge < -0.3 is 4.90 Å². The highest BCUT2D eigenvalue weighted by molar-refractivity contribution is 6.53. The molecule has 1 rings (SSSR count). The van der Waals surface area contributed by atoms with Gasteiger partial charge in [-0.15, -0.1) is 11.6 Å². The first kappa shape index (κ1) is 8.44. The van der Waals surface area contributed by atoms with Crippen LogP contribution in [0.1, 0.15) is 0 Å². The second-order valence-corrected chi connectivity index (χ2v) is 4.33. The smallest absolute Gasteiger partial charge is 0.209 e. The Hall–Kier alpha value is 0.340. The molecular weight excluding hydrogens is 196 g/mol. The molecule has 1 unspecified atom stereocenters. The fraction of sp³-hybridized carbons (Fsp3) is 0.800. The summed E-state index contributed by atoms with van der Waals surface area (Å²) in [5.41, 5.74) is 0. The Balaban J connectivity index is 2.61. The van der Waals surface area contributed by atoms with Crippen LogP contribution in [0.15, 0.2) is 0 Å². The standard InChI is InChI=1S/C5H6Cl3NO/c6-4-1-9(3-10)2-5(4,7)8/h3-4H,1-2H2. The van der Waals surface area contributed by atoms with E-state index in [-0.39, 0.29) is 5.38 Å². The van der Waals surface area contributed by atoms with Crippen LogP contribution < -0.4 is 0 Å². The maximum Gasteiger partial charge on any atom is 0.209 e. The molecule has 0 aromatic heterocycles. The van der Waals surface area contributed by atoms with Crippen LogP contribution in [0.4, 0.5) is 0 Å². The summed E-state index contributed by atoms with van der Waals surface area (Å²) in [6.45, 7) is 0.742. The fourth-order valence-corrected chi connectivity index (χ4v) is 1.55. The summed E-state index contributed by atoms with van der Waals surface area (Å²) in [7, 11) is 0. The predicted molar refractivity (Wildman–Crippen MR) is 41.7 cm³/mol. The average Bonchev–Trinajstić information content (AvgIpc) is 2.08. The molecule has 1 aliphatic heterocycles. The fourth-order valence-electron chi connectivity index (χ4n) is 0.854. The molecule has 0 N–H and O–H groups in total. The molecule has 1 aliphatic rings. The number of carbonyl (C=O) groups is 1. The third kappa shape index (κ3) is 1.49. The molecule has 0 aromatic carbocycles. The van der Waals surface area contributed by atoms with Crippen LogP contribution in [0.2, 0.25) is 0 Å². The molecule has 1 heterocycles. The first-order valence-electron chi connectivity index (χ1n) is 2.77. The van der Waals surface area contributed by atoms with E-state index in [1.807, 2.05) is 0 Å². The van der Waals surface area contributed by atoms with Gasteiger partial charge in [0.2, 0.25) is 6.41 Å². The Morgan fingerprint density at radius 3 is 2.40 bits per heavy atom. The van der Waals surface area contributed by atoms with Crippen molar-refractivity contribution in [3.8, 4) is 0 Å². The second kappa shape index (κ2) is 2.76. The average molecular weight is 202 g/mol. The zero-order chi connectivity index (χ0) is 7.78. The highest BCUT2D eigenvalue weighted by Crippen LogP contribution is 2.35. The summed E-state index contributed by atoms with van der Waals surface area (Å²) < 4.78 is -0.970. The minimum absolute atomic E-state index is 0.313. The van der Waals surface area contributed by atoms with Crippen molar-refractivity contribution in [2.24, 2.45) is 0 Å². The lowest BCUT2D eigenvalue weighted by atomic mass is 10.3. The number of halogens is 3. The molecule has 2 nitrogen and oxygen atoms in total. The number of alkyl halides is 3. The molecule has 0 radical (unpaired) electrons. The van der Waals surface area contributed by atoms with Crippen molar-refractivity contribution in [1.82, 2.24) is 4.90 Å².